The number of imidazole rings is 1. The van der Waals surface area contributed by atoms with Crippen LogP contribution in [0.4, 0.5) is 16.2 Å². The zero-order chi connectivity index (χ0) is 17.6. The van der Waals surface area contributed by atoms with E-state index in [9.17, 15) is 10.2 Å². The van der Waals surface area contributed by atoms with E-state index < -0.39 is 30.7 Å². The summed E-state index contributed by atoms with van der Waals surface area (Å²) in [5, 5.41) is 19.3. The number of rotatable bonds is 4. The van der Waals surface area contributed by atoms with E-state index in [4.69, 9.17) is 10.5 Å². The Morgan fingerprint density at radius 3 is 2.79 bits per heavy atom. The van der Waals surface area contributed by atoms with Crippen LogP contribution < -0.4 is 10.6 Å². The highest BCUT2D eigenvalue weighted by atomic mass is 19.1. The molecule has 0 bridgehead atoms. The van der Waals surface area contributed by atoms with E-state index in [1.54, 1.807) is 0 Å². The fraction of sp³-hybridized carbons (Fsp3) is 0.643. The second-order valence-electron chi connectivity index (χ2n) is 6.05. The second kappa shape index (κ2) is 5.80. The van der Waals surface area contributed by atoms with Crippen LogP contribution in [0.5, 0.6) is 0 Å². The Morgan fingerprint density at radius 1 is 1.50 bits per heavy atom. The molecule has 132 valence electrons. The van der Waals surface area contributed by atoms with E-state index in [1.165, 1.54) is 17.8 Å². The number of ether oxygens (including phenoxy) is 1. The van der Waals surface area contributed by atoms with Gasteiger partial charge in [-0.2, -0.15) is 9.97 Å². The summed E-state index contributed by atoms with van der Waals surface area (Å²) in [6.07, 6.45) is -2.31. The van der Waals surface area contributed by atoms with E-state index in [2.05, 4.69) is 15.0 Å². The van der Waals surface area contributed by atoms with Crippen LogP contribution >= 0.6 is 0 Å². The van der Waals surface area contributed by atoms with Crippen molar-refractivity contribution in [3.63, 3.8) is 0 Å². The highest BCUT2D eigenvalue weighted by Gasteiger charge is 2.55. The van der Waals surface area contributed by atoms with E-state index in [0.29, 0.717) is 23.5 Å². The largest absolute Gasteiger partial charge is 0.394 e. The summed E-state index contributed by atoms with van der Waals surface area (Å²) in [5.74, 6) is 0.550. The van der Waals surface area contributed by atoms with Gasteiger partial charge in [0.2, 0.25) is 5.95 Å². The lowest BCUT2D eigenvalue weighted by molar-refractivity contribution is -0.0566. The minimum atomic E-state index is -2.13. The number of hydrogen-bond acceptors (Lipinski definition) is 8. The average molecular weight is 340 g/mol. The van der Waals surface area contributed by atoms with Crippen molar-refractivity contribution in [2.75, 3.05) is 30.8 Å². The molecule has 0 aromatic carbocycles. The standard InChI is InChI=1S/C14H21FN6O3/c1-4-20(3)10-8-11(19-13(16)18-10)21(6-17-8)12-14(2,15)9(23)7(5-22)24-12/h6-7,9,12,22-23H,4-5H2,1-3H3,(H2,16,18,19)/t7?,9-,12-,14-/m1/s1. The number of aromatic nitrogens is 4. The predicted octanol–water partition coefficient (Wildman–Crippen LogP) is -0.157. The summed E-state index contributed by atoms with van der Waals surface area (Å²) in [6, 6.07) is 0. The molecule has 1 aliphatic rings. The molecule has 3 heterocycles. The van der Waals surface area contributed by atoms with Gasteiger partial charge in [0.1, 0.15) is 12.2 Å². The lowest BCUT2D eigenvalue weighted by atomic mass is 9.98. The van der Waals surface area contributed by atoms with Gasteiger partial charge in [0.25, 0.3) is 0 Å². The molecular formula is C14H21FN6O3. The maximum Gasteiger partial charge on any atom is 0.224 e. The molecule has 0 aliphatic carbocycles. The molecule has 2 aromatic heterocycles. The summed E-state index contributed by atoms with van der Waals surface area (Å²) in [6.45, 7) is 3.34. The van der Waals surface area contributed by atoms with Crippen LogP contribution in [0.3, 0.4) is 0 Å². The summed E-state index contributed by atoms with van der Waals surface area (Å²) in [7, 11) is 1.83. The topological polar surface area (TPSA) is 123 Å². The van der Waals surface area contributed by atoms with Gasteiger partial charge in [0.05, 0.1) is 12.9 Å². The first kappa shape index (κ1) is 16.8. The Morgan fingerprint density at radius 2 is 2.21 bits per heavy atom. The number of nitrogens with zero attached hydrogens (tertiary/aromatic N) is 5. The quantitative estimate of drug-likeness (QED) is 0.702. The van der Waals surface area contributed by atoms with Crippen molar-refractivity contribution < 1.29 is 19.3 Å². The van der Waals surface area contributed by atoms with Gasteiger partial charge in [0.15, 0.2) is 28.9 Å². The van der Waals surface area contributed by atoms with Gasteiger partial charge in [-0.15, -0.1) is 0 Å². The Hall–Kier alpha value is -2.04. The molecule has 0 saturated carbocycles. The molecule has 1 saturated heterocycles. The van der Waals surface area contributed by atoms with Gasteiger partial charge in [0, 0.05) is 13.6 Å². The van der Waals surface area contributed by atoms with Crippen LogP contribution in [-0.2, 0) is 4.74 Å². The van der Waals surface area contributed by atoms with E-state index in [1.807, 2.05) is 18.9 Å². The SMILES string of the molecule is CCN(C)c1nc(N)nc2c1ncn2[C@@H]1OC(CO)[C@@H](O)[C@@]1(C)F. The van der Waals surface area contributed by atoms with Crippen molar-refractivity contribution in [1.82, 2.24) is 19.5 Å². The number of aliphatic hydroxyl groups excluding tert-OH is 2. The van der Waals surface area contributed by atoms with Crippen molar-refractivity contribution in [1.29, 1.82) is 0 Å². The number of aliphatic hydroxyl groups is 2. The molecule has 10 heteroatoms. The minimum Gasteiger partial charge on any atom is -0.394 e. The van der Waals surface area contributed by atoms with E-state index in [-0.39, 0.29) is 5.95 Å². The molecule has 2 aromatic rings. The number of nitrogen functional groups attached to an aromatic ring is 1. The Labute approximate surface area is 137 Å². The van der Waals surface area contributed by atoms with Crippen LogP contribution in [0.1, 0.15) is 20.1 Å². The van der Waals surface area contributed by atoms with Crippen molar-refractivity contribution in [3.8, 4) is 0 Å². The molecule has 1 unspecified atom stereocenters. The first-order valence-electron chi connectivity index (χ1n) is 7.65. The third kappa shape index (κ3) is 2.38. The van der Waals surface area contributed by atoms with Crippen LogP contribution in [-0.4, -0.2) is 67.8 Å². The summed E-state index contributed by atoms with van der Waals surface area (Å²) in [5.41, 5.74) is 4.41. The lowest BCUT2D eigenvalue weighted by Crippen LogP contribution is -2.40. The molecule has 0 radical (unpaired) electrons. The van der Waals surface area contributed by atoms with Crippen LogP contribution in [0, 0.1) is 0 Å². The van der Waals surface area contributed by atoms with Crippen molar-refractivity contribution in [3.05, 3.63) is 6.33 Å². The zero-order valence-corrected chi connectivity index (χ0v) is 13.7. The Balaban J connectivity index is 2.13. The van der Waals surface area contributed by atoms with Gasteiger partial charge in [-0.05, 0) is 13.8 Å². The first-order valence-corrected chi connectivity index (χ1v) is 7.65. The molecule has 24 heavy (non-hydrogen) atoms. The second-order valence-corrected chi connectivity index (χ2v) is 6.05. The number of nitrogens with two attached hydrogens (primary N) is 1. The fourth-order valence-electron chi connectivity index (χ4n) is 2.87. The number of fused-ring (bicyclic) bond motifs is 1. The van der Waals surface area contributed by atoms with Crippen LogP contribution in [0.15, 0.2) is 6.33 Å². The summed E-state index contributed by atoms with van der Waals surface area (Å²) < 4.78 is 21.9. The number of halogens is 1. The number of hydrogen-bond donors (Lipinski definition) is 3. The van der Waals surface area contributed by atoms with Gasteiger partial charge >= 0.3 is 0 Å². The molecule has 3 rings (SSSR count). The predicted molar refractivity (Wildman–Crippen MR) is 85.2 cm³/mol. The molecule has 4 N–H and O–H groups in total. The highest BCUT2D eigenvalue weighted by molar-refractivity contribution is 5.84. The normalized spacial score (nSPS) is 30.2. The summed E-state index contributed by atoms with van der Waals surface area (Å²) in [4.78, 5) is 14.4. The highest BCUT2D eigenvalue weighted by Crippen LogP contribution is 2.42. The Bertz CT molecular complexity index is 751. The molecule has 4 atom stereocenters. The van der Waals surface area contributed by atoms with E-state index >= 15 is 4.39 Å². The fourth-order valence-corrected chi connectivity index (χ4v) is 2.87. The van der Waals surface area contributed by atoms with Crippen molar-refractivity contribution in [2.24, 2.45) is 0 Å². The smallest absolute Gasteiger partial charge is 0.224 e. The van der Waals surface area contributed by atoms with Gasteiger partial charge in [-0.3, -0.25) is 4.57 Å². The van der Waals surface area contributed by atoms with Gasteiger partial charge in [-0.1, -0.05) is 0 Å². The number of alkyl halides is 1. The molecule has 0 amide bonds. The van der Waals surface area contributed by atoms with Gasteiger partial charge < -0.3 is 25.6 Å². The maximum atomic E-state index is 15.0. The monoisotopic (exact) mass is 340 g/mol. The maximum absolute atomic E-state index is 15.0. The summed E-state index contributed by atoms with van der Waals surface area (Å²) >= 11 is 0. The first-order chi connectivity index (χ1) is 11.3. The van der Waals surface area contributed by atoms with Crippen molar-refractivity contribution in [2.45, 2.75) is 38.0 Å². The zero-order valence-electron chi connectivity index (χ0n) is 13.7. The minimum absolute atomic E-state index is 0.0253. The molecule has 1 aliphatic heterocycles. The average Bonchev–Trinajstić information content (AvgIpc) is 3.05. The molecule has 1 fully saturated rings. The molecular weight excluding hydrogens is 319 g/mol. The number of anilines is 2. The third-order valence-electron chi connectivity index (χ3n) is 4.41. The van der Waals surface area contributed by atoms with E-state index in [0.717, 1.165) is 0 Å². The third-order valence-corrected chi connectivity index (χ3v) is 4.41. The van der Waals surface area contributed by atoms with Crippen LogP contribution in [0.2, 0.25) is 0 Å². The lowest BCUT2D eigenvalue weighted by Gasteiger charge is -2.24. The Kier molecular flexibility index (Phi) is 4.06. The van der Waals surface area contributed by atoms with Crippen LogP contribution in [0.25, 0.3) is 11.2 Å². The molecule has 9 nitrogen and oxygen atoms in total. The van der Waals surface area contributed by atoms with Crippen molar-refractivity contribution >= 4 is 22.9 Å². The molecule has 0 spiro atoms. The van der Waals surface area contributed by atoms with Gasteiger partial charge in [-0.25, -0.2) is 9.37 Å².